The smallest absolute Gasteiger partial charge is 0.307 e. The van der Waals surface area contributed by atoms with Crippen molar-refractivity contribution in [2.24, 2.45) is 5.92 Å². The van der Waals surface area contributed by atoms with Gasteiger partial charge in [-0.05, 0) is 55.8 Å². The molecule has 0 amide bonds. The molecule has 0 radical (unpaired) electrons. The van der Waals surface area contributed by atoms with Crippen LogP contribution in [0.25, 0.3) is 11.8 Å². The fourth-order valence-electron chi connectivity index (χ4n) is 3.40. The molecule has 1 heterocycles. The number of benzene rings is 2. The maximum absolute atomic E-state index is 14.3. The molecule has 1 atom stereocenters. The minimum Gasteiger partial charge on any atom is -0.491 e. The van der Waals surface area contributed by atoms with Gasteiger partial charge in [0.1, 0.15) is 35.6 Å². The van der Waals surface area contributed by atoms with Crippen LogP contribution in [0.3, 0.4) is 0 Å². The summed E-state index contributed by atoms with van der Waals surface area (Å²) in [7, 11) is 0. The third kappa shape index (κ3) is 5.60. The highest BCUT2D eigenvalue weighted by atomic mass is 19.1. The molecule has 2 aromatic carbocycles. The van der Waals surface area contributed by atoms with Crippen LogP contribution in [0.2, 0.25) is 0 Å². The number of likely N-dealkylation sites (tertiary alicyclic amines) is 1. The molecule has 0 spiro atoms. The predicted molar refractivity (Wildman–Crippen MR) is 103 cm³/mol. The van der Waals surface area contributed by atoms with Crippen LogP contribution >= 0.6 is 0 Å². The van der Waals surface area contributed by atoms with Gasteiger partial charge < -0.3 is 9.84 Å². The summed E-state index contributed by atoms with van der Waals surface area (Å²) in [5.74, 6) is -4.46. The number of piperidine rings is 1. The number of ether oxygens (including phenoxy) is 1. The molecule has 0 aliphatic carbocycles. The van der Waals surface area contributed by atoms with E-state index in [9.17, 15) is 27.5 Å². The fraction of sp³-hybridized carbons (Fsp3) is 0.318. The summed E-state index contributed by atoms with van der Waals surface area (Å²) in [6, 6.07) is 5.73. The van der Waals surface area contributed by atoms with E-state index in [1.165, 1.54) is 0 Å². The van der Waals surface area contributed by atoms with Crippen molar-refractivity contribution in [3.8, 4) is 0 Å². The summed E-state index contributed by atoms with van der Waals surface area (Å²) in [5.41, 5.74) is -0.236. The van der Waals surface area contributed by atoms with E-state index in [1.54, 1.807) is 0 Å². The maximum Gasteiger partial charge on any atom is 0.307 e. The van der Waals surface area contributed by atoms with Gasteiger partial charge in [0.15, 0.2) is 0 Å². The molecule has 1 saturated heterocycles. The molecule has 1 fully saturated rings. The van der Waals surface area contributed by atoms with Crippen LogP contribution in [0.4, 0.5) is 17.6 Å². The Bertz CT molecular complexity index is 948. The van der Waals surface area contributed by atoms with Gasteiger partial charge in [-0.2, -0.15) is 0 Å². The maximum atomic E-state index is 14.3. The highest BCUT2D eigenvalue weighted by Crippen LogP contribution is 2.25. The number of halogens is 4. The first-order valence-electron chi connectivity index (χ1n) is 9.53. The number of carboxylic acids is 1. The fourth-order valence-corrected chi connectivity index (χ4v) is 3.40. The van der Waals surface area contributed by atoms with Crippen LogP contribution in [0.1, 0.15) is 24.0 Å². The zero-order chi connectivity index (χ0) is 21.7. The van der Waals surface area contributed by atoms with E-state index in [0.717, 1.165) is 42.8 Å². The van der Waals surface area contributed by atoms with Crippen LogP contribution in [-0.2, 0) is 9.53 Å². The molecule has 0 bridgehead atoms. The second kappa shape index (κ2) is 9.75. The molecule has 1 aliphatic heterocycles. The monoisotopic (exact) mass is 423 g/mol. The van der Waals surface area contributed by atoms with Gasteiger partial charge in [-0.15, -0.1) is 0 Å². The van der Waals surface area contributed by atoms with Crippen molar-refractivity contribution in [1.82, 2.24) is 4.90 Å². The largest absolute Gasteiger partial charge is 0.491 e. The Labute approximate surface area is 171 Å². The Morgan fingerprint density at radius 3 is 2.57 bits per heavy atom. The third-order valence-electron chi connectivity index (χ3n) is 4.96. The average Bonchev–Trinajstić information content (AvgIpc) is 2.70. The Hall–Kier alpha value is -2.87. The summed E-state index contributed by atoms with van der Waals surface area (Å²) in [6.45, 7) is 1.51. The first-order chi connectivity index (χ1) is 14.3. The second-order valence-corrected chi connectivity index (χ2v) is 7.13. The highest BCUT2D eigenvalue weighted by Gasteiger charge is 2.25. The van der Waals surface area contributed by atoms with Crippen molar-refractivity contribution in [3.05, 3.63) is 70.8 Å². The minimum atomic E-state index is -0.901. The van der Waals surface area contributed by atoms with E-state index in [0.29, 0.717) is 32.1 Å². The highest BCUT2D eigenvalue weighted by molar-refractivity contribution is 5.77. The average molecular weight is 423 g/mol. The van der Waals surface area contributed by atoms with E-state index >= 15 is 0 Å². The second-order valence-electron chi connectivity index (χ2n) is 7.13. The van der Waals surface area contributed by atoms with Crippen molar-refractivity contribution >= 4 is 17.8 Å². The molecule has 30 heavy (non-hydrogen) atoms. The molecule has 0 unspecified atom stereocenters. The molecule has 1 aliphatic rings. The first kappa shape index (κ1) is 21.8. The summed E-state index contributed by atoms with van der Waals surface area (Å²) < 4.78 is 60.8. The molecule has 3 rings (SSSR count). The number of carboxylic acid groups (broad SMARTS) is 1. The summed E-state index contributed by atoms with van der Waals surface area (Å²) in [6.07, 6.45) is 2.50. The first-order valence-corrected chi connectivity index (χ1v) is 9.53. The van der Waals surface area contributed by atoms with E-state index in [-0.39, 0.29) is 23.5 Å². The lowest BCUT2D eigenvalue weighted by Gasteiger charge is -2.30. The normalized spacial score (nSPS) is 17.7. The van der Waals surface area contributed by atoms with E-state index < -0.39 is 35.2 Å². The lowest BCUT2D eigenvalue weighted by molar-refractivity contribution is -0.143. The third-order valence-corrected chi connectivity index (χ3v) is 4.96. The molecular weight excluding hydrogens is 402 g/mol. The topological polar surface area (TPSA) is 49.8 Å². The van der Waals surface area contributed by atoms with Gasteiger partial charge in [-0.3, -0.25) is 9.69 Å². The summed E-state index contributed by atoms with van der Waals surface area (Å²) >= 11 is 0. The quantitative estimate of drug-likeness (QED) is 0.403. The number of carbonyl (C=O) groups is 1. The summed E-state index contributed by atoms with van der Waals surface area (Å²) in [5, 5.41) is 9.18. The van der Waals surface area contributed by atoms with E-state index in [1.807, 2.05) is 4.90 Å². The zero-order valence-electron chi connectivity index (χ0n) is 16.1. The Morgan fingerprint density at radius 1 is 1.10 bits per heavy atom. The van der Waals surface area contributed by atoms with Gasteiger partial charge in [0, 0.05) is 24.7 Å². The van der Waals surface area contributed by atoms with Gasteiger partial charge in [0.25, 0.3) is 0 Å². The van der Waals surface area contributed by atoms with Crippen LogP contribution < -0.4 is 0 Å². The molecule has 0 aromatic heterocycles. The number of rotatable bonds is 7. The zero-order valence-corrected chi connectivity index (χ0v) is 16.1. The number of nitrogens with zero attached hydrogens (tertiary/aromatic N) is 1. The van der Waals surface area contributed by atoms with Gasteiger partial charge in [0.2, 0.25) is 0 Å². The lowest BCUT2D eigenvalue weighted by Crippen LogP contribution is -2.40. The number of aliphatic carboxylic acids is 1. The Kier molecular flexibility index (Phi) is 7.10. The predicted octanol–water partition coefficient (Wildman–Crippen LogP) is 4.55. The van der Waals surface area contributed by atoms with Crippen molar-refractivity contribution in [2.75, 3.05) is 26.2 Å². The van der Waals surface area contributed by atoms with Gasteiger partial charge in [-0.1, -0.05) is 0 Å². The van der Waals surface area contributed by atoms with Gasteiger partial charge in [0.05, 0.1) is 11.5 Å². The molecule has 2 aromatic rings. The molecule has 160 valence electrons. The van der Waals surface area contributed by atoms with Gasteiger partial charge in [-0.25, -0.2) is 17.6 Å². The molecule has 4 nitrogen and oxygen atoms in total. The molecule has 0 saturated carbocycles. The van der Waals surface area contributed by atoms with Crippen molar-refractivity contribution in [3.63, 3.8) is 0 Å². The number of hydrogen-bond acceptors (Lipinski definition) is 3. The molecular formula is C22H21F4NO3. The van der Waals surface area contributed by atoms with Crippen molar-refractivity contribution < 1.29 is 32.2 Å². The van der Waals surface area contributed by atoms with Gasteiger partial charge >= 0.3 is 5.97 Å². The van der Waals surface area contributed by atoms with Crippen LogP contribution in [0.5, 0.6) is 0 Å². The Morgan fingerprint density at radius 2 is 1.83 bits per heavy atom. The van der Waals surface area contributed by atoms with E-state index in [2.05, 4.69) is 0 Å². The van der Waals surface area contributed by atoms with Crippen LogP contribution in [0, 0.1) is 29.2 Å². The van der Waals surface area contributed by atoms with Crippen molar-refractivity contribution in [2.45, 2.75) is 12.8 Å². The SMILES string of the molecule is O=C(O)[C@@H]1CCCN(CCOC(=Cc2cc(F)ccc2F)c2ccc(F)cc2F)C1. The molecule has 8 heteroatoms. The van der Waals surface area contributed by atoms with E-state index in [4.69, 9.17) is 4.74 Å². The minimum absolute atomic E-state index is 0.0614. The van der Waals surface area contributed by atoms with Crippen LogP contribution in [-0.4, -0.2) is 42.2 Å². The summed E-state index contributed by atoms with van der Waals surface area (Å²) in [4.78, 5) is 13.1. The van der Waals surface area contributed by atoms with Crippen LogP contribution in [0.15, 0.2) is 36.4 Å². The standard InChI is InChI=1S/C22H21F4NO3/c23-16-4-6-19(25)15(10-16)11-21(18-5-3-17(24)12-20(18)26)30-9-8-27-7-1-2-14(13-27)22(28)29/h3-6,10-12,14H,1-2,7-9,13H2,(H,28,29)/t14-/m1/s1. The number of hydrogen-bond donors (Lipinski definition) is 1. The van der Waals surface area contributed by atoms with Crippen molar-refractivity contribution in [1.29, 1.82) is 0 Å². The molecule has 1 N–H and O–H groups in total. The lowest BCUT2D eigenvalue weighted by atomic mass is 9.98. The Balaban J connectivity index is 1.79.